The summed E-state index contributed by atoms with van der Waals surface area (Å²) in [7, 11) is 0. The zero-order valence-corrected chi connectivity index (χ0v) is 18.7. The van der Waals surface area contributed by atoms with E-state index in [-0.39, 0.29) is 19.0 Å². The van der Waals surface area contributed by atoms with Gasteiger partial charge in [0.05, 0.1) is 24.3 Å². The Morgan fingerprint density at radius 3 is 2.62 bits per heavy atom. The number of aromatic nitrogens is 2. The molecule has 2 aromatic heterocycles. The highest BCUT2D eigenvalue weighted by molar-refractivity contribution is 5.88. The molecular weight excluding hydrogens is 445 g/mol. The van der Waals surface area contributed by atoms with Crippen LogP contribution in [0.15, 0.2) is 60.8 Å². The van der Waals surface area contributed by atoms with Crippen molar-refractivity contribution in [3.8, 4) is 17.0 Å². The third-order valence-corrected chi connectivity index (χ3v) is 5.45. The monoisotopic (exact) mass is 468 g/mol. The first-order valence-electron chi connectivity index (χ1n) is 10.8. The Hall–Kier alpha value is -3.81. The van der Waals surface area contributed by atoms with Crippen molar-refractivity contribution in [3.05, 3.63) is 83.2 Å². The topological polar surface area (TPSA) is 64.2 Å². The van der Waals surface area contributed by atoms with Crippen molar-refractivity contribution in [2.75, 3.05) is 6.61 Å². The van der Waals surface area contributed by atoms with E-state index in [2.05, 4.69) is 9.97 Å². The predicted molar refractivity (Wildman–Crippen MR) is 122 cm³/mol. The van der Waals surface area contributed by atoms with Gasteiger partial charge in [-0.15, -0.1) is 0 Å². The molecule has 0 radical (unpaired) electrons. The van der Waals surface area contributed by atoms with Crippen molar-refractivity contribution in [2.45, 2.75) is 33.1 Å². The number of rotatable bonds is 7. The van der Waals surface area contributed by atoms with Crippen molar-refractivity contribution in [1.82, 2.24) is 9.97 Å². The molecule has 0 spiro atoms. The number of halogens is 3. The summed E-state index contributed by atoms with van der Waals surface area (Å²) in [6.07, 6.45) is -2.43. The lowest BCUT2D eigenvalue weighted by Gasteiger charge is -2.12. The molecule has 4 rings (SSSR count). The third-order valence-electron chi connectivity index (χ3n) is 5.45. The van der Waals surface area contributed by atoms with Crippen LogP contribution < -0.4 is 4.74 Å². The molecule has 4 aromatic rings. The number of alkyl halides is 3. The fourth-order valence-electron chi connectivity index (χ4n) is 3.69. The molecule has 0 aliphatic rings. The molecule has 5 nitrogen and oxygen atoms in total. The van der Waals surface area contributed by atoms with Gasteiger partial charge in [0.1, 0.15) is 12.4 Å². The van der Waals surface area contributed by atoms with E-state index in [1.54, 1.807) is 32.2 Å². The normalized spacial score (nSPS) is 11.6. The number of carbonyl (C=O) groups is 1. The van der Waals surface area contributed by atoms with E-state index >= 15 is 0 Å². The summed E-state index contributed by atoms with van der Waals surface area (Å²) in [4.78, 5) is 19.4. The predicted octanol–water partition coefficient (Wildman–Crippen LogP) is 6.24. The average molecular weight is 468 g/mol. The van der Waals surface area contributed by atoms with Gasteiger partial charge < -0.3 is 14.5 Å². The molecule has 0 aliphatic carbocycles. The van der Waals surface area contributed by atoms with E-state index in [4.69, 9.17) is 9.47 Å². The maximum atomic E-state index is 13.0. The SMILES string of the molecule is CCOC(=O)Cc1c[nH]c2cc(OCc3ccc(-c4cccc(C(F)(F)F)c4)nc3C)ccc12. The summed E-state index contributed by atoms with van der Waals surface area (Å²) >= 11 is 0. The fourth-order valence-corrected chi connectivity index (χ4v) is 3.69. The molecule has 176 valence electrons. The van der Waals surface area contributed by atoms with Crippen LogP contribution in [-0.2, 0) is 28.7 Å². The number of aryl methyl sites for hydroxylation is 1. The number of hydrogen-bond donors (Lipinski definition) is 1. The Balaban J connectivity index is 1.46. The number of pyridine rings is 1. The van der Waals surface area contributed by atoms with E-state index in [1.165, 1.54) is 6.07 Å². The van der Waals surface area contributed by atoms with Gasteiger partial charge in [0.25, 0.3) is 0 Å². The number of nitrogens with zero attached hydrogens (tertiary/aromatic N) is 1. The highest BCUT2D eigenvalue weighted by atomic mass is 19.4. The highest BCUT2D eigenvalue weighted by Gasteiger charge is 2.30. The summed E-state index contributed by atoms with van der Waals surface area (Å²) in [5, 5.41) is 0.920. The highest BCUT2D eigenvalue weighted by Crippen LogP contribution is 2.32. The molecule has 0 aliphatic heterocycles. The molecule has 2 aromatic carbocycles. The smallest absolute Gasteiger partial charge is 0.416 e. The number of hydrogen-bond acceptors (Lipinski definition) is 4. The van der Waals surface area contributed by atoms with Gasteiger partial charge in [-0.05, 0) is 49.7 Å². The van der Waals surface area contributed by atoms with Crippen molar-refractivity contribution in [1.29, 1.82) is 0 Å². The number of nitrogens with one attached hydrogen (secondary N) is 1. The summed E-state index contributed by atoms with van der Waals surface area (Å²) in [6, 6.07) is 14.2. The van der Waals surface area contributed by atoms with Crippen molar-refractivity contribution in [3.63, 3.8) is 0 Å². The number of aromatic amines is 1. The molecular formula is C26H23F3N2O3. The van der Waals surface area contributed by atoms with E-state index in [9.17, 15) is 18.0 Å². The number of ether oxygens (including phenoxy) is 2. The van der Waals surface area contributed by atoms with Crippen LogP contribution >= 0.6 is 0 Å². The number of benzene rings is 2. The molecule has 0 amide bonds. The molecule has 2 heterocycles. The Kier molecular flexibility index (Phi) is 6.58. The minimum absolute atomic E-state index is 0.192. The molecule has 0 bridgehead atoms. The molecule has 1 N–H and O–H groups in total. The maximum absolute atomic E-state index is 13.0. The molecule has 0 unspecified atom stereocenters. The minimum atomic E-state index is -4.40. The van der Waals surface area contributed by atoms with Gasteiger partial charge in [0.15, 0.2) is 0 Å². The van der Waals surface area contributed by atoms with E-state index in [0.717, 1.165) is 34.2 Å². The lowest BCUT2D eigenvalue weighted by molar-refractivity contribution is -0.142. The van der Waals surface area contributed by atoms with Crippen LogP contribution in [0.5, 0.6) is 5.75 Å². The molecule has 34 heavy (non-hydrogen) atoms. The second kappa shape index (κ2) is 9.59. The second-order valence-electron chi connectivity index (χ2n) is 7.81. The first kappa shape index (κ1) is 23.4. The van der Waals surface area contributed by atoms with Crippen LogP contribution in [0.4, 0.5) is 13.2 Å². The van der Waals surface area contributed by atoms with Gasteiger partial charge in [-0.1, -0.05) is 18.2 Å². The molecule has 0 atom stereocenters. The van der Waals surface area contributed by atoms with Crippen LogP contribution in [0.3, 0.4) is 0 Å². The van der Waals surface area contributed by atoms with Crippen molar-refractivity contribution in [2.24, 2.45) is 0 Å². The van der Waals surface area contributed by atoms with Gasteiger partial charge in [-0.2, -0.15) is 13.2 Å². The van der Waals surface area contributed by atoms with Crippen LogP contribution in [0, 0.1) is 6.92 Å². The summed E-state index contributed by atoms with van der Waals surface area (Å²) in [5.41, 5.74) is 3.35. The fraction of sp³-hybridized carbons (Fsp3) is 0.231. The quantitative estimate of drug-likeness (QED) is 0.326. The van der Waals surface area contributed by atoms with Gasteiger partial charge in [0, 0.05) is 40.0 Å². The van der Waals surface area contributed by atoms with E-state index in [0.29, 0.717) is 29.3 Å². The molecule has 0 saturated heterocycles. The Labute approximate surface area is 194 Å². The number of esters is 1. The van der Waals surface area contributed by atoms with Crippen molar-refractivity contribution < 1.29 is 27.4 Å². The maximum Gasteiger partial charge on any atom is 0.416 e. The van der Waals surface area contributed by atoms with Crippen LogP contribution in [0.2, 0.25) is 0 Å². The minimum Gasteiger partial charge on any atom is -0.489 e. The van der Waals surface area contributed by atoms with Crippen LogP contribution in [0.1, 0.15) is 29.3 Å². The summed E-state index contributed by atoms with van der Waals surface area (Å²) in [5.74, 6) is 0.360. The lowest BCUT2D eigenvalue weighted by Crippen LogP contribution is -2.06. The molecule has 8 heteroatoms. The lowest BCUT2D eigenvalue weighted by atomic mass is 10.1. The van der Waals surface area contributed by atoms with E-state index < -0.39 is 11.7 Å². The standard InChI is InChI=1S/C26H23F3N2O3/c1-3-33-25(32)12-19-14-30-24-13-21(8-9-22(19)24)34-15-18-7-10-23(31-16(18)2)17-5-4-6-20(11-17)26(27,28)29/h4-11,13-14,30H,3,12,15H2,1-2H3. The van der Waals surface area contributed by atoms with Crippen LogP contribution in [-0.4, -0.2) is 22.5 Å². The summed E-state index contributed by atoms with van der Waals surface area (Å²) < 4.78 is 50.0. The third kappa shape index (κ3) is 5.22. The largest absolute Gasteiger partial charge is 0.489 e. The first-order chi connectivity index (χ1) is 16.2. The molecule has 0 saturated carbocycles. The Morgan fingerprint density at radius 1 is 1.06 bits per heavy atom. The number of H-pyrrole nitrogens is 1. The first-order valence-corrected chi connectivity index (χ1v) is 10.8. The van der Waals surface area contributed by atoms with E-state index in [1.807, 2.05) is 24.3 Å². The Bertz CT molecular complexity index is 1330. The zero-order valence-electron chi connectivity index (χ0n) is 18.7. The van der Waals surface area contributed by atoms with Crippen molar-refractivity contribution >= 4 is 16.9 Å². The number of fused-ring (bicyclic) bond motifs is 1. The van der Waals surface area contributed by atoms with Crippen LogP contribution in [0.25, 0.3) is 22.2 Å². The van der Waals surface area contributed by atoms with Gasteiger partial charge >= 0.3 is 12.1 Å². The summed E-state index contributed by atoms with van der Waals surface area (Å²) in [6.45, 7) is 4.16. The van der Waals surface area contributed by atoms with Gasteiger partial charge in [0.2, 0.25) is 0 Å². The zero-order chi connectivity index (χ0) is 24.3. The Morgan fingerprint density at radius 2 is 1.88 bits per heavy atom. The van der Waals surface area contributed by atoms with Gasteiger partial charge in [-0.3, -0.25) is 9.78 Å². The average Bonchev–Trinajstić information content (AvgIpc) is 3.19. The second-order valence-corrected chi connectivity index (χ2v) is 7.81. The molecule has 0 fully saturated rings. The number of carbonyl (C=O) groups excluding carboxylic acids is 1. The van der Waals surface area contributed by atoms with Gasteiger partial charge in [-0.25, -0.2) is 0 Å².